The summed E-state index contributed by atoms with van der Waals surface area (Å²) in [5.41, 5.74) is 0. The fourth-order valence-electron chi connectivity index (χ4n) is 3.53. The second-order valence-corrected chi connectivity index (χ2v) is 6.56. The van der Waals surface area contributed by atoms with Gasteiger partial charge in [0.05, 0.1) is 12.7 Å². The summed E-state index contributed by atoms with van der Waals surface area (Å²) in [7, 11) is 0. The molecular weight excluding hydrogens is 264 g/mol. The van der Waals surface area contributed by atoms with Crippen molar-refractivity contribution in [3.05, 3.63) is 0 Å². The molecule has 0 spiro atoms. The van der Waals surface area contributed by atoms with Gasteiger partial charge in [-0.1, -0.05) is 13.8 Å². The molecule has 0 amide bonds. The van der Waals surface area contributed by atoms with Crippen molar-refractivity contribution in [2.75, 3.05) is 46.0 Å². The van der Waals surface area contributed by atoms with E-state index in [-0.39, 0.29) is 0 Å². The third-order valence-corrected chi connectivity index (χ3v) is 4.75. The third-order valence-electron chi connectivity index (χ3n) is 4.75. The van der Waals surface area contributed by atoms with Gasteiger partial charge < -0.3 is 14.8 Å². The third kappa shape index (κ3) is 5.85. The quantitative estimate of drug-likeness (QED) is 0.745. The van der Waals surface area contributed by atoms with Gasteiger partial charge in [0.15, 0.2) is 0 Å². The van der Waals surface area contributed by atoms with Crippen LogP contribution in [0.4, 0.5) is 0 Å². The van der Waals surface area contributed by atoms with Gasteiger partial charge in [0.2, 0.25) is 0 Å². The second-order valence-electron chi connectivity index (χ2n) is 6.56. The Kier molecular flexibility index (Phi) is 8.01. The lowest BCUT2D eigenvalue weighted by molar-refractivity contribution is -0.0529. The van der Waals surface area contributed by atoms with E-state index in [9.17, 15) is 0 Å². The van der Waals surface area contributed by atoms with E-state index < -0.39 is 0 Å². The van der Waals surface area contributed by atoms with Crippen LogP contribution < -0.4 is 5.32 Å². The highest BCUT2D eigenvalue weighted by Crippen LogP contribution is 2.23. The molecule has 0 aliphatic carbocycles. The summed E-state index contributed by atoms with van der Waals surface area (Å²) in [6, 6.07) is 0.507. The van der Waals surface area contributed by atoms with Gasteiger partial charge in [-0.05, 0) is 51.1 Å². The normalized spacial score (nSPS) is 26.9. The maximum atomic E-state index is 6.12. The Labute approximate surface area is 130 Å². The number of nitrogens with one attached hydrogen (secondary N) is 1. The zero-order valence-corrected chi connectivity index (χ0v) is 14.0. The summed E-state index contributed by atoms with van der Waals surface area (Å²) in [6.45, 7) is 11.8. The first-order valence-electron chi connectivity index (χ1n) is 8.98. The van der Waals surface area contributed by atoms with E-state index in [0.29, 0.717) is 12.1 Å². The molecule has 2 saturated heterocycles. The summed E-state index contributed by atoms with van der Waals surface area (Å²) in [5.74, 6) is 0.804. The van der Waals surface area contributed by atoms with Gasteiger partial charge in [0.1, 0.15) is 0 Å². The van der Waals surface area contributed by atoms with Crippen molar-refractivity contribution in [3.63, 3.8) is 0 Å². The molecule has 0 bridgehead atoms. The van der Waals surface area contributed by atoms with Gasteiger partial charge >= 0.3 is 0 Å². The zero-order chi connectivity index (χ0) is 14.9. The first-order valence-corrected chi connectivity index (χ1v) is 8.98. The van der Waals surface area contributed by atoms with Crippen LogP contribution in [0.3, 0.4) is 0 Å². The highest BCUT2D eigenvalue weighted by molar-refractivity contribution is 4.85. The molecule has 2 atom stereocenters. The monoisotopic (exact) mass is 298 g/mol. The number of nitrogens with zero attached hydrogens (tertiary/aromatic N) is 1. The van der Waals surface area contributed by atoms with Crippen molar-refractivity contribution in [3.8, 4) is 0 Å². The number of rotatable bonds is 8. The van der Waals surface area contributed by atoms with Crippen LogP contribution in [0.25, 0.3) is 0 Å². The van der Waals surface area contributed by atoms with E-state index in [1.54, 1.807) is 0 Å². The smallest absolute Gasteiger partial charge is 0.0855 e. The largest absolute Gasteiger partial charge is 0.381 e. The van der Waals surface area contributed by atoms with Gasteiger partial charge in [0, 0.05) is 32.3 Å². The summed E-state index contributed by atoms with van der Waals surface area (Å²) in [6.07, 6.45) is 6.47. The SMILES string of the molecule is CCCNC(CC1CCOCC1)C1CN(CCC)CCO1. The number of ether oxygens (including phenoxy) is 2. The minimum Gasteiger partial charge on any atom is -0.381 e. The molecule has 1 N–H and O–H groups in total. The average Bonchev–Trinajstić information content (AvgIpc) is 2.53. The Bertz CT molecular complexity index is 268. The summed E-state index contributed by atoms with van der Waals surface area (Å²) in [5, 5.41) is 3.76. The molecule has 0 saturated carbocycles. The molecule has 4 nitrogen and oxygen atoms in total. The molecule has 2 unspecified atom stereocenters. The molecule has 2 rings (SSSR count). The van der Waals surface area contributed by atoms with Crippen molar-refractivity contribution in [2.45, 2.75) is 58.1 Å². The molecule has 4 heteroatoms. The Morgan fingerprint density at radius 1 is 1.14 bits per heavy atom. The van der Waals surface area contributed by atoms with Crippen molar-refractivity contribution < 1.29 is 9.47 Å². The van der Waals surface area contributed by atoms with Crippen LogP contribution in [-0.2, 0) is 9.47 Å². The van der Waals surface area contributed by atoms with Crippen LogP contribution in [-0.4, -0.2) is 63.0 Å². The molecule has 0 radical (unpaired) electrons. The Morgan fingerprint density at radius 3 is 2.67 bits per heavy atom. The van der Waals surface area contributed by atoms with E-state index in [1.807, 2.05) is 0 Å². The molecule has 0 aromatic carbocycles. The zero-order valence-electron chi connectivity index (χ0n) is 14.0. The van der Waals surface area contributed by atoms with Gasteiger partial charge in [-0.3, -0.25) is 4.90 Å². The first-order chi connectivity index (χ1) is 10.3. The molecule has 0 aromatic rings. The van der Waals surface area contributed by atoms with Crippen LogP contribution in [0.1, 0.15) is 46.0 Å². The van der Waals surface area contributed by atoms with Crippen LogP contribution in [0.15, 0.2) is 0 Å². The minimum atomic E-state index is 0.361. The number of morpholine rings is 1. The molecule has 2 aliphatic heterocycles. The lowest BCUT2D eigenvalue weighted by Crippen LogP contribution is -2.53. The van der Waals surface area contributed by atoms with Crippen LogP contribution in [0.2, 0.25) is 0 Å². The van der Waals surface area contributed by atoms with Gasteiger partial charge in [-0.25, -0.2) is 0 Å². The molecular formula is C17H34N2O2. The van der Waals surface area contributed by atoms with Crippen LogP contribution >= 0.6 is 0 Å². The lowest BCUT2D eigenvalue weighted by atomic mass is 9.89. The van der Waals surface area contributed by atoms with Crippen LogP contribution in [0.5, 0.6) is 0 Å². The summed E-state index contributed by atoms with van der Waals surface area (Å²) in [4.78, 5) is 2.57. The fourth-order valence-corrected chi connectivity index (χ4v) is 3.53. The minimum absolute atomic E-state index is 0.361. The van der Waals surface area contributed by atoms with Gasteiger partial charge in [-0.2, -0.15) is 0 Å². The van der Waals surface area contributed by atoms with Crippen molar-refractivity contribution in [2.24, 2.45) is 5.92 Å². The maximum Gasteiger partial charge on any atom is 0.0855 e. The average molecular weight is 298 g/mol. The summed E-state index contributed by atoms with van der Waals surface area (Å²) < 4.78 is 11.6. The van der Waals surface area contributed by atoms with Crippen LogP contribution in [0, 0.1) is 5.92 Å². The van der Waals surface area contributed by atoms with E-state index in [4.69, 9.17) is 9.47 Å². The molecule has 21 heavy (non-hydrogen) atoms. The molecule has 124 valence electrons. The standard InChI is InChI=1S/C17H34N2O2/c1-3-7-18-16(13-15-5-10-20-11-6-15)17-14-19(8-4-2)9-12-21-17/h15-18H,3-14H2,1-2H3. The van der Waals surface area contributed by atoms with Crippen molar-refractivity contribution in [1.82, 2.24) is 10.2 Å². The summed E-state index contributed by atoms with van der Waals surface area (Å²) >= 11 is 0. The lowest BCUT2D eigenvalue weighted by Gasteiger charge is -2.39. The predicted molar refractivity (Wildman–Crippen MR) is 86.7 cm³/mol. The van der Waals surface area contributed by atoms with E-state index in [0.717, 1.165) is 45.4 Å². The van der Waals surface area contributed by atoms with Gasteiger partial charge in [0.25, 0.3) is 0 Å². The maximum absolute atomic E-state index is 6.12. The van der Waals surface area contributed by atoms with Crippen molar-refractivity contribution >= 4 is 0 Å². The topological polar surface area (TPSA) is 33.7 Å². The predicted octanol–water partition coefficient (Wildman–Crippen LogP) is 2.28. The van der Waals surface area contributed by atoms with E-state index in [2.05, 4.69) is 24.1 Å². The second kappa shape index (κ2) is 9.78. The Balaban J connectivity index is 1.87. The molecule has 2 heterocycles. The fraction of sp³-hybridized carbons (Fsp3) is 1.00. The van der Waals surface area contributed by atoms with E-state index in [1.165, 1.54) is 38.6 Å². The molecule has 0 aromatic heterocycles. The number of hydrogen-bond donors (Lipinski definition) is 1. The Morgan fingerprint density at radius 2 is 1.95 bits per heavy atom. The molecule has 2 aliphatic rings. The first kappa shape index (κ1) is 17.2. The van der Waals surface area contributed by atoms with E-state index >= 15 is 0 Å². The number of hydrogen-bond acceptors (Lipinski definition) is 4. The highest BCUT2D eigenvalue weighted by atomic mass is 16.5. The highest BCUT2D eigenvalue weighted by Gasteiger charge is 2.30. The van der Waals surface area contributed by atoms with Gasteiger partial charge in [-0.15, -0.1) is 0 Å². The Hall–Kier alpha value is -0.160. The molecule has 2 fully saturated rings. The van der Waals surface area contributed by atoms with Crippen molar-refractivity contribution in [1.29, 1.82) is 0 Å².